The lowest BCUT2D eigenvalue weighted by atomic mass is 10.1. The van der Waals surface area contributed by atoms with E-state index in [0.29, 0.717) is 49.2 Å². The molecule has 3 heterocycles. The number of amides is 1. The lowest BCUT2D eigenvalue weighted by Crippen LogP contribution is -2.42. The number of methoxy groups -OCH3 is 1. The minimum absolute atomic E-state index is 0.0690. The van der Waals surface area contributed by atoms with Gasteiger partial charge < -0.3 is 18.8 Å². The molecule has 136 valence electrons. The van der Waals surface area contributed by atoms with Gasteiger partial charge in [0.05, 0.1) is 18.7 Å². The first-order chi connectivity index (χ1) is 12.0. The third kappa shape index (κ3) is 3.74. The van der Waals surface area contributed by atoms with E-state index in [1.807, 2.05) is 13.8 Å². The van der Waals surface area contributed by atoms with Crippen LogP contribution in [0.25, 0.3) is 0 Å². The molecule has 0 aromatic carbocycles. The topological polar surface area (TPSA) is 93.5 Å². The number of morpholine rings is 1. The van der Waals surface area contributed by atoms with Crippen LogP contribution in [0.3, 0.4) is 0 Å². The lowest BCUT2D eigenvalue weighted by Gasteiger charge is -2.31. The molecule has 0 saturated carbocycles. The van der Waals surface area contributed by atoms with Crippen molar-refractivity contribution < 1.29 is 18.7 Å². The first kappa shape index (κ1) is 17.6. The molecule has 8 nitrogen and oxygen atoms in total. The number of aromatic amines is 1. The van der Waals surface area contributed by atoms with Gasteiger partial charge in [-0.2, -0.15) is 5.10 Å². The zero-order chi connectivity index (χ0) is 18.0. The lowest BCUT2D eigenvalue weighted by molar-refractivity contribution is -0.0267. The summed E-state index contributed by atoms with van der Waals surface area (Å²) in [5.41, 5.74) is 0.563. The molecule has 1 saturated heterocycles. The van der Waals surface area contributed by atoms with Crippen molar-refractivity contribution in [3.63, 3.8) is 0 Å². The van der Waals surface area contributed by atoms with Gasteiger partial charge in [-0.05, 0) is 13.0 Å². The third-order valence-electron chi connectivity index (χ3n) is 4.18. The van der Waals surface area contributed by atoms with E-state index in [2.05, 4.69) is 15.2 Å². The normalized spacial score (nSPS) is 18.1. The largest absolute Gasteiger partial charge is 0.463 e. The number of carbonyl (C=O) groups is 1. The molecule has 8 heteroatoms. The molecule has 1 N–H and O–H groups in total. The number of hydrogen-bond acceptors (Lipinski definition) is 6. The molecule has 25 heavy (non-hydrogen) atoms. The van der Waals surface area contributed by atoms with Gasteiger partial charge in [-0.3, -0.25) is 9.89 Å². The molecule has 3 rings (SSSR count). The Balaban J connectivity index is 1.73. The number of hydrogen-bond donors (Lipinski definition) is 1. The van der Waals surface area contributed by atoms with Crippen molar-refractivity contribution in [1.82, 2.24) is 20.1 Å². The van der Waals surface area contributed by atoms with E-state index < -0.39 is 0 Å². The van der Waals surface area contributed by atoms with E-state index in [4.69, 9.17) is 13.9 Å². The van der Waals surface area contributed by atoms with Crippen molar-refractivity contribution in [3.05, 3.63) is 34.8 Å². The van der Waals surface area contributed by atoms with Gasteiger partial charge in [0, 0.05) is 19.6 Å². The Hall–Kier alpha value is -2.19. The fourth-order valence-electron chi connectivity index (χ4n) is 2.83. The van der Waals surface area contributed by atoms with E-state index in [-0.39, 0.29) is 17.9 Å². The van der Waals surface area contributed by atoms with Crippen molar-refractivity contribution in [1.29, 1.82) is 0 Å². The highest BCUT2D eigenvalue weighted by molar-refractivity contribution is 5.95. The number of aryl methyl sites for hydroxylation is 1. The number of nitrogens with zero attached hydrogens (tertiary/aromatic N) is 3. The fourth-order valence-corrected chi connectivity index (χ4v) is 2.83. The second kappa shape index (κ2) is 7.37. The maximum atomic E-state index is 12.9. The first-order valence-corrected chi connectivity index (χ1v) is 8.41. The summed E-state index contributed by atoms with van der Waals surface area (Å²) in [6, 6.07) is 1.75. The van der Waals surface area contributed by atoms with Crippen molar-refractivity contribution in [2.24, 2.45) is 0 Å². The fraction of sp³-hybridized carbons (Fsp3) is 0.588. The smallest absolute Gasteiger partial charge is 0.257 e. The van der Waals surface area contributed by atoms with Crippen molar-refractivity contribution >= 4 is 5.91 Å². The summed E-state index contributed by atoms with van der Waals surface area (Å²) in [6.45, 7) is 7.61. The molecule has 1 aliphatic heterocycles. The summed E-state index contributed by atoms with van der Waals surface area (Å²) in [6.07, 6.45) is -0.302. The Bertz CT molecular complexity index is 737. The number of ether oxygens (including phenoxy) is 2. The van der Waals surface area contributed by atoms with E-state index in [1.165, 1.54) is 0 Å². The van der Waals surface area contributed by atoms with Crippen LogP contribution in [-0.2, 0) is 16.1 Å². The Morgan fingerprint density at radius 2 is 2.32 bits per heavy atom. The second-order valence-corrected chi connectivity index (χ2v) is 6.46. The molecule has 0 bridgehead atoms. The van der Waals surface area contributed by atoms with Gasteiger partial charge in [0.1, 0.15) is 24.2 Å². The molecular formula is C17H24N4O4. The van der Waals surface area contributed by atoms with E-state index in [9.17, 15) is 4.79 Å². The Kier molecular flexibility index (Phi) is 5.19. The van der Waals surface area contributed by atoms with Crippen LogP contribution in [0.15, 0.2) is 10.5 Å². The first-order valence-electron chi connectivity index (χ1n) is 8.41. The number of H-pyrrole nitrogens is 1. The van der Waals surface area contributed by atoms with Crippen molar-refractivity contribution in [3.8, 4) is 0 Å². The van der Waals surface area contributed by atoms with Gasteiger partial charge >= 0.3 is 0 Å². The quantitative estimate of drug-likeness (QED) is 0.890. The van der Waals surface area contributed by atoms with Gasteiger partial charge in [-0.15, -0.1) is 0 Å². The average molecular weight is 348 g/mol. The van der Waals surface area contributed by atoms with E-state index in [0.717, 1.165) is 5.82 Å². The standard InChI is InChI=1S/C17H24N4O4/c1-10(2)15-18-16(20-19-15)14-8-21(5-6-24-14)17(22)13-7-12(9-23-4)25-11(13)3/h7,10,14H,5-6,8-9H2,1-4H3,(H,18,19,20). The molecule has 1 atom stereocenters. The molecule has 0 aliphatic carbocycles. The molecule has 2 aromatic rings. The maximum Gasteiger partial charge on any atom is 0.257 e. The highest BCUT2D eigenvalue weighted by Gasteiger charge is 2.30. The number of rotatable bonds is 5. The van der Waals surface area contributed by atoms with Gasteiger partial charge in [-0.25, -0.2) is 4.98 Å². The maximum absolute atomic E-state index is 12.9. The molecule has 1 amide bonds. The van der Waals surface area contributed by atoms with Crippen LogP contribution in [0.5, 0.6) is 0 Å². The van der Waals surface area contributed by atoms with Crippen molar-refractivity contribution in [2.45, 2.75) is 39.4 Å². The molecule has 1 unspecified atom stereocenters. The Labute approximate surface area is 146 Å². The average Bonchev–Trinajstić information content (AvgIpc) is 3.22. The minimum Gasteiger partial charge on any atom is -0.463 e. The number of aromatic nitrogens is 3. The summed E-state index contributed by atoms with van der Waals surface area (Å²) >= 11 is 0. The molecule has 1 fully saturated rings. The summed E-state index contributed by atoms with van der Waals surface area (Å²) < 4.78 is 16.4. The monoisotopic (exact) mass is 348 g/mol. The van der Waals surface area contributed by atoms with Gasteiger partial charge in [0.15, 0.2) is 11.6 Å². The molecule has 0 radical (unpaired) electrons. The van der Waals surface area contributed by atoms with Gasteiger partial charge in [0.2, 0.25) is 0 Å². The van der Waals surface area contributed by atoms with Gasteiger partial charge in [-0.1, -0.05) is 13.8 Å². The molecule has 2 aromatic heterocycles. The summed E-state index contributed by atoms with van der Waals surface area (Å²) in [4.78, 5) is 19.1. The predicted molar refractivity (Wildman–Crippen MR) is 89.2 cm³/mol. The number of furan rings is 1. The highest BCUT2D eigenvalue weighted by Crippen LogP contribution is 2.24. The number of carbonyl (C=O) groups excluding carboxylic acids is 1. The zero-order valence-electron chi connectivity index (χ0n) is 15.0. The van der Waals surface area contributed by atoms with E-state index >= 15 is 0 Å². The van der Waals surface area contributed by atoms with Crippen LogP contribution >= 0.6 is 0 Å². The van der Waals surface area contributed by atoms with Crippen LogP contribution < -0.4 is 0 Å². The highest BCUT2D eigenvalue weighted by atomic mass is 16.5. The van der Waals surface area contributed by atoms with Crippen LogP contribution in [0.4, 0.5) is 0 Å². The SMILES string of the molecule is COCc1cc(C(=O)N2CCOC(c3nc(C(C)C)n[nH]3)C2)c(C)o1. The van der Waals surface area contributed by atoms with Gasteiger partial charge in [0.25, 0.3) is 5.91 Å². The third-order valence-corrected chi connectivity index (χ3v) is 4.18. The van der Waals surface area contributed by atoms with Crippen LogP contribution in [0.1, 0.15) is 59.4 Å². The Morgan fingerprint density at radius 3 is 3.00 bits per heavy atom. The zero-order valence-corrected chi connectivity index (χ0v) is 15.0. The van der Waals surface area contributed by atoms with E-state index in [1.54, 1.807) is 25.0 Å². The molecular weight excluding hydrogens is 324 g/mol. The van der Waals surface area contributed by atoms with Crippen LogP contribution in [0, 0.1) is 6.92 Å². The number of nitrogens with one attached hydrogen (secondary N) is 1. The van der Waals surface area contributed by atoms with Crippen molar-refractivity contribution in [2.75, 3.05) is 26.8 Å². The predicted octanol–water partition coefficient (Wildman–Crippen LogP) is 2.19. The second-order valence-electron chi connectivity index (χ2n) is 6.46. The van der Waals surface area contributed by atoms with Crippen LogP contribution in [-0.4, -0.2) is 52.8 Å². The summed E-state index contributed by atoms with van der Waals surface area (Å²) in [5.74, 6) is 2.81. The minimum atomic E-state index is -0.302. The molecule has 0 spiro atoms. The summed E-state index contributed by atoms with van der Waals surface area (Å²) in [7, 11) is 1.59. The molecule has 1 aliphatic rings. The summed E-state index contributed by atoms with van der Waals surface area (Å²) in [5, 5.41) is 7.14. The Morgan fingerprint density at radius 1 is 1.52 bits per heavy atom. The van der Waals surface area contributed by atoms with Crippen LogP contribution in [0.2, 0.25) is 0 Å².